The number of nitrogens with one attached hydrogen (secondary N) is 1. The molecule has 35 heavy (non-hydrogen) atoms. The molecule has 2 heterocycles. The quantitative estimate of drug-likeness (QED) is 0.334. The molecule has 0 aliphatic carbocycles. The number of aryl methyl sites for hydroxylation is 1. The second-order valence-electron chi connectivity index (χ2n) is 8.39. The van der Waals surface area contributed by atoms with E-state index in [0.29, 0.717) is 27.5 Å². The molecule has 2 aromatic heterocycles. The van der Waals surface area contributed by atoms with Gasteiger partial charge in [0.05, 0.1) is 22.3 Å². The standard InChI is InChI=1S/C27H25N5O2S/c1-19(16-17-20-10-4-2-5-11-20)28-24(33)18-35-27-30-29-26-31(21-12-6-3-7-13-21)25(34)22-14-8-9-15-23(22)32(26)27/h2-15,19H,16-18H2,1H3,(H,28,33). The topological polar surface area (TPSA) is 81.3 Å². The van der Waals surface area contributed by atoms with E-state index >= 15 is 0 Å². The van der Waals surface area contributed by atoms with Crippen LogP contribution in [0.5, 0.6) is 0 Å². The Morgan fingerprint density at radius 2 is 1.63 bits per heavy atom. The molecule has 8 heteroatoms. The molecule has 1 N–H and O–H groups in total. The van der Waals surface area contributed by atoms with Gasteiger partial charge in [0, 0.05) is 6.04 Å². The maximum atomic E-state index is 13.3. The zero-order chi connectivity index (χ0) is 24.2. The zero-order valence-electron chi connectivity index (χ0n) is 19.3. The minimum atomic E-state index is -0.159. The molecule has 0 radical (unpaired) electrons. The van der Waals surface area contributed by atoms with E-state index in [9.17, 15) is 9.59 Å². The number of nitrogens with zero attached hydrogens (tertiary/aromatic N) is 4. The Balaban J connectivity index is 1.37. The van der Waals surface area contributed by atoms with Crippen LogP contribution in [0.1, 0.15) is 18.9 Å². The van der Waals surface area contributed by atoms with Crippen molar-refractivity contribution in [2.75, 3.05) is 5.75 Å². The van der Waals surface area contributed by atoms with Gasteiger partial charge in [-0.05, 0) is 49.6 Å². The molecule has 0 aliphatic heterocycles. The van der Waals surface area contributed by atoms with Gasteiger partial charge in [-0.15, -0.1) is 10.2 Å². The van der Waals surface area contributed by atoms with Crippen molar-refractivity contribution in [1.82, 2.24) is 24.5 Å². The summed E-state index contributed by atoms with van der Waals surface area (Å²) in [6.45, 7) is 2.02. The highest BCUT2D eigenvalue weighted by molar-refractivity contribution is 7.99. The highest BCUT2D eigenvalue weighted by Crippen LogP contribution is 2.23. The number of fused-ring (bicyclic) bond motifs is 3. The number of rotatable bonds is 8. The van der Waals surface area contributed by atoms with Gasteiger partial charge >= 0.3 is 0 Å². The number of hydrogen-bond acceptors (Lipinski definition) is 5. The fraction of sp³-hybridized carbons (Fsp3) is 0.185. The van der Waals surface area contributed by atoms with Crippen molar-refractivity contribution in [1.29, 1.82) is 0 Å². The number of aromatic nitrogens is 4. The molecule has 5 rings (SSSR count). The van der Waals surface area contributed by atoms with Crippen LogP contribution in [0.2, 0.25) is 0 Å². The highest BCUT2D eigenvalue weighted by atomic mass is 32.2. The Kier molecular flexibility index (Phi) is 6.63. The van der Waals surface area contributed by atoms with Gasteiger partial charge in [-0.25, -0.2) is 4.57 Å². The minimum absolute atomic E-state index is 0.0579. The molecule has 0 fully saturated rings. The molecule has 0 saturated heterocycles. The summed E-state index contributed by atoms with van der Waals surface area (Å²) in [5.41, 5.74) is 2.52. The number of hydrogen-bond donors (Lipinski definition) is 1. The molecule has 176 valence electrons. The molecule has 1 unspecified atom stereocenters. The summed E-state index contributed by atoms with van der Waals surface area (Å²) in [4.78, 5) is 26.0. The van der Waals surface area contributed by atoms with Crippen molar-refractivity contribution < 1.29 is 4.79 Å². The summed E-state index contributed by atoms with van der Waals surface area (Å²) < 4.78 is 3.41. The molecule has 1 atom stereocenters. The third-order valence-corrected chi connectivity index (χ3v) is 6.79. The van der Waals surface area contributed by atoms with Crippen molar-refractivity contribution in [3.05, 3.63) is 101 Å². The van der Waals surface area contributed by atoms with Crippen LogP contribution in [0.25, 0.3) is 22.4 Å². The van der Waals surface area contributed by atoms with Gasteiger partial charge in [-0.1, -0.05) is 72.4 Å². The molecule has 5 aromatic rings. The Labute approximate surface area is 206 Å². The van der Waals surface area contributed by atoms with E-state index in [-0.39, 0.29) is 23.3 Å². The van der Waals surface area contributed by atoms with E-state index in [0.717, 1.165) is 12.8 Å². The molecular formula is C27H25N5O2S. The molecule has 7 nitrogen and oxygen atoms in total. The molecule has 0 spiro atoms. The van der Waals surface area contributed by atoms with E-state index in [2.05, 4.69) is 27.6 Å². The Bertz CT molecular complexity index is 1530. The third kappa shape index (κ3) is 4.83. The van der Waals surface area contributed by atoms with Crippen molar-refractivity contribution in [2.45, 2.75) is 31.0 Å². The van der Waals surface area contributed by atoms with Gasteiger partial charge < -0.3 is 5.32 Å². The average Bonchev–Trinajstić information content (AvgIpc) is 3.31. The lowest BCUT2D eigenvalue weighted by molar-refractivity contribution is -0.119. The van der Waals surface area contributed by atoms with Gasteiger partial charge in [0.1, 0.15) is 0 Å². The van der Waals surface area contributed by atoms with Gasteiger partial charge in [0.25, 0.3) is 5.56 Å². The monoisotopic (exact) mass is 483 g/mol. The lowest BCUT2D eigenvalue weighted by atomic mass is 10.1. The third-order valence-electron chi connectivity index (χ3n) is 5.86. The van der Waals surface area contributed by atoms with E-state index in [4.69, 9.17) is 0 Å². The summed E-state index contributed by atoms with van der Waals surface area (Å²) >= 11 is 1.31. The first kappa shape index (κ1) is 22.9. The van der Waals surface area contributed by atoms with Crippen LogP contribution < -0.4 is 10.9 Å². The van der Waals surface area contributed by atoms with Crippen molar-refractivity contribution >= 4 is 34.3 Å². The summed E-state index contributed by atoms with van der Waals surface area (Å²) in [5.74, 6) is 0.557. The van der Waals surface area contributed by atoms with Gasteiger partial charge in [0.15, 0.2) is 5.16 Å². The van der Waals surface area contributed by atoms with Crippen LogP contribution >= 0.6 is 11.8 Å². The van der Waals surface area contributed by atoms with Crippen LogP contribution in [0.3, 0.4) is 0 Å². The fourth-order valence-corrected chi connectivity index (χ4v) is 4.88. The molecule has 0 saturated carbocycles. The number of para-hydroxylation sites is 2. The Hall–Kier alpha value is -3.91. The lowest BCUT2D eigenvalue weighted by Gasteiger charge is -2.14. The van der Waals surface area contributed by atoms with E-state index < -0.39 is 0 Å². The van der Waals surface area contributed by atoms with Gasteiger partial charge in [0.2, 0.25) is 11.7 Å². The lowest BCUT2D eigenvalue weighted by Crippen LogP contribution is -2.34. The van der Waals surface area contributed by atoms with Gasteiger partial charge in [-0.2, -0.15) is 0 Å². The number of benzene rings is 3. The summed E-state index contributed by atoms with van der Waals surface area (Å²) in [5, 5.41) is 12.9. The largest absolute Gasteiger partial charge is 0.353 e. The van der Waals surface area contributed by atoms with Crippen LogP contribution in [0, 0.1) is 0 Å². The average molecular weight is 484 g/mol. The van der Waals surface area contributed by atoms with Crippen molar-refractivity contribution in [2.24, 2.45) is 0 Å². The Morgan fingerprint density at radius 3 is 2.40 bits per heavy atom. The molecule has 0 aliphatic rings. The van der Waals surface area contributed by atoms with E-state index in [1.807, 2.05) is 78.1 Å². The SMILES string of the molecule is CC(CCc1ccccc1)NC(=O)CSc1nnc2n(-c3ccccc3)c(=O)c3ccccc3n12. The Morgan fingerprint density at radius 1 is 0.943 bits per heavy atom. The summed E-state index contributed by atoms with van der Waals surface area (Å²) in [6.07, 6.45) is 1.77. The first-order chi connectivity index (χ1) is 17.1. The maximum Gasteiger partial charge on any atom is 0.267 e. The number of amides is 1. The van der Waals surface area contributed by atoms with Crippen molar-refractivity contribution in [3.63, 3.8) is 0 Å². The predicted octanol–water partition coefficient (Wildman–Crippen LogP) is 4.26. The van der Waals surface area contributed by atoms with Crippen LogP contribution in [-0.4, -0.2) is 36.9 Å². The predicted molar refractivity (Wildman–Crippen MR) is 139 cm³/mol. The maximum absolute atomic E-state index is 13.3. The van der Waals surface area contributed by atoms with E-state index in [1.54, 1.807) is 10.6 Å². The second-order valence-corrected chi connectivity index (χ2v) is 9.34. The van der Waals surface area contributed by atoms with E-state index in [1.165, 1.54) is 17.3 Å². The van der Waals surface area contributed by atoms with Crippen LogP contribution in [-0.2, 0) is 11.2 Å². The minimum Gasteiger partial charge on any atom is -0.353 e. The first-order valence-corrected chi connectivity index (χ1v) is 12.5. The fourth-order valence-electron chi connectivity index (χ4n) is 4.13. The molecule has 1 amide bonds. The number of carbonyl (C=O) groups is 1. The number of thioether (sulfide) groups is 1. The second kappa shape index (κ2) is 10.1. The van der Waals surface area contributed by atoms with Crippen LogP contribution in [0.4, 0.5) is 0 Å². The smallest absolute Gasteiger partial charge is 0.267 e. The van der Waals surface area contributed by atoms with Crippen molar-refractivity contribution in [3.8, 4) is 5.69 Å². The summed E-state index contributed by atoms with van der Waals surface area (Å²) in [6, 6.07) is 27.1. The molecule has 3 aromatic carbocycles. The molecular weight excluding hydrogens is 458 g/mol. The first-order valence-electron chi connectivity index (χ1n) is 11.5. The normalized spacial score (nSPS) is 12.1. The highest BCUT2D eigenvalue weighted by Gasteiger charge is 2.18. The number of carbonyl (C=O) groups excluding carboxylic acids is 1. The molecule has 0 bridgehead atoms. The van der Waals surface area contributed by atoms with Gasteiger partial charge in [-0.3, -0.25) is 14.0 Å². The van der Waals surface area contributed by atoms with Crippen LogP contribution in [0.15, 0.2) is 94.9 Å². The zero-order valence-corrected chi connectivity index (χ0v) is 20.1. The summed E-state index contributed by atoms with van der Waals surface area (Å²) in [7, 11) is 0.